The van der Waals surface area contributed by atoms with Crippen LogP contribution in [0.5, 0.6) is 0 Å². The van der Waals surface area contributed by atoms with Gasteiger partial charge in [-0.05, 0) is 27.7 Å². The van der Waals surface area contributed by atoms with Crippen LogP contribution in [-0.4, -0.2) is 35.2 Å². The minimum atomic E-state index is -1.81. The topological polar surface area (TPSA) is 91.3 Å². The molecule has 19 heavy (non-hydrogen) atoms. The Morgan fingerprint density at radius 3 is 2.05 bits per heavy atom. The number of carboxylic acid groups (broad SMARTS) is 1. The molecule has 0 aromatic heterocycles. The Labute approximate surface area is 112 Å². The van der Waals surface area contributed by atoms with Crippen molar-refractivity contribution in [3.8, 4) is 0 Å². The molecule has 0 rings (SSSR count). The molecule has 0 radical (unpaired) electrons. The van der Waals surface area contributed by atoms with E-state index in [1.807, 2.05) is 0 Å². The van der Waals surface area contributed by atoms with Crippen molar-refractivity contribution in [2.75, 3.05) is 6.61 Å². The summed E-state index contributed by atoms with van der Waals surface area (Å²) in [6.07, 6.45) is -1.60. The molecule has 0 aliphatic heterocycles. The van der Waals surface area contributed by atoms with Crippen LogP contribution >= 0.6 is 0 Å². The molecule has 0 saturated heterocycles. The first kappa shape index (κ1) is 17.4. The van der Waals surface area contributed by atoms with E-state index in [0.29, 0.717) is 0 Å². The average molecular weight is 276 g/mol. The molecule has 7 heteroatoms. The summed E-state index contributed by atoms with van der Waals surface area (Å²) < 4.78 is 9.38. The molecule has 0 amide bonds. The predicted molar refractivity (Wildman–Crippen MR) is 65.2 cm³/mol. The first-order valence-electron chi connectivity index (χ1n) is 5.56. The monoisotopic (exact) mass is 276 g/mol. The standard InChI is InChI=1S/C12H20O7/c1-8(2)9(13)17-12(6,18-10(14)15)7-16-19-11(3,4)5/h1,7H2,2-6H3,(H,14,15). The molecule has 110 valence electrons. The quantitative estimate of drug-likeness (QED) is 0.261. The second-order valence-corrected chi connectivity index (χ2v) is 5.13. The second-order valence-electron chi connectivity index (χ2n) is 5.13. The molecule has 0 spiro atoms. The van der Waals surface area contributed by atoms with Crippen LogP contribution in [0.3, 0.4) is 0 Å². The van der Waals surface area contributed by atoms with Crippen molar-refractivity contribution in [3.05, 3.63) is 12.2 Å². The highest BCUT2D eigenvalue weighted by Crippen LogP contribution is 2.18. The number of hydrogen-bond donors (Lipinski definition) is 1. The van der Waals surface area contributed by atoms with E-state index in [4.69, 9.17) is 19.6 Å². The third-order valence-corrected chi connectivity index (χ3v) is 1.59. The molecular weight excluding hydrogens is 256 g/mol. The fraction of sp³-hybridized carbons (Fsp3) is 0.667. The zero-order chi connectivity index (χ0) is 15.3. The Hall–Kier alpha value is -1.60. The largest absolute Gasteiger partial charge is 0.509 e. The van der Waals surface area contributed by atoms with Crippen molar-refractivity contribution in [1.29, 1.82) is 0 Å². The zero-order valence-corrected chi connectivity index (χ0v) is 11.8. The minimum Gasteiger partial charge on any atom is -0.450 e. The van der Waals surface area contributed by atoms with Gasteiger partial charge in [-0.2, -0.15) is 0 Å². The summed E-state index contributed by atoms with van der Waals surface area (Å²) in [5.41, 5.74) is -0.486. The number of carbonyl (C=O) groups is 2. The van der Waals surface area contributed by atoms with Crippen LogP contribution in [0.1, 0.15) is 34.6 Å². The lowest BCUT2D eigenvalue weighted by atomic mass is 10.2. The lowest BCUT2D eigenvalue weighted by Crippen LogP contribution is -2.42. The Morgan fingerprint density at radius 1 is 1.16 bits per heavy atom. The molecule has 0 saturated carbocycles. The van der Waals surface area contributed by atoms with E-state index in [1.165, 1.54) is 13.8 Å². The Kier molecular flexibility index (Phi) is 5.98. The van der Waals surface area contributed by atoms with Gasteiger partial charge in [-0.15, -0.1) is 0 Å². The first-order valence-corrected chi connectivity index (χ1v) is 5.56. The third kappa shape index (κ3) is 8.17. The van der Waals surface area contributed by atoms with E-state index in [1.54, 1.807) is 20.8 Å². The van der Waals surface area contributed by atoms with Crippen LogP contribution in [-0.2, 0) is 24.0 Å². The molecule has 0 aromatic carbocycles. The van der Waals surface area contributed by atoms with Gasteiger partial charge in [-0.3, -0.25) is 0 Å². The Morgan fingerprint density at radius 2 is 1.68 bits per heavy atom. The number of esters is 1. The van der Waals surface area contributed by atoms with E-state index in [0.717, 1.165) is 0 Å². The van der Waals surface area contributed by atoms with E-state index < -0.39 is 30.1 Å². The lowest BCUT2D eigenvalue weighted by molar-refractivity contribution is -0.380. The maximum Gasteiger partial charge on any atom is 0.509 e. The normalized spacial score (nSPS) is 14.4. The van der Waals surface area contributed by atoms with Crippen molar-refractivity contribution in [2.24, 2.45) is 0 Å². The smallest absolute Gasteiger partial charge is 0.450 e. The van der Waals surface area contributed by atoms with Crippen molar-refractivity contribution < 1.29 is 33.9 Å². The van der Waals surface area contributed by atoms with Gasteiger partial charge in [0.25, 0.3) is 5.79 Å². The van der Waals surface area contributed by atoms with Crippen molar-refractivity contribution >= 4 is 12.1 Å². The summed E-state index contributed by atoms with van der Waals surface area (Å²) in [7, 11) is 0. The molecule has 0 bridgehead atoms. The summed E-state index contributed by atoms with van der Waals surface area (Å²) in [6, 6.07) is 0. The number of hydrogen-bond acceptors (Lipinski definition) is 6. The zero-order valence-electron chi connectivity index (χ0n) is 11.8. The molecule has 0 aliphatic rings. The highest BCUT2D eigenvalue weighted by Gasteiger charge is 2.35. The number of carbonyl (C=O) groups excluding carboxylic acids is 1. The molecule has 0 heterocycles. The fourth-order valence-corrected chi connectivity index (χ4v) is 0.861. The van der Waals surface area contributed by atoms with Gasteiger partial charge in [0.2, 0.25) is 0 Å². The molecule has 7 nitrogen and oxygen atoms in total. The first-order chi connectivity index (χ1) is 8.45. The summed E-state index contributed by atoms with van der Waals surface area (Å²) in [6.45, 7) is 10.9. The number of rotatable bonds is 6. The fourth-order valence-electron chi connectivity index (χ4n) is 0.861. The van der Waals surface area contributed by atoms with E-state index >= 15 is 0 Å². The summed E-state index contributed by atoms with van der Waals surface area (Å²) in [5, 5.41) is 8.63. The maximum atomic E-state index is 11.4. The van der Waals surface area contributed by atoms with Gasteiger partial charge < -0.3 is 14.6 Å². The minimum absolute atomic E-state index is 0.108. The van der Waals surface area contributed by atoms with Gasteiger partial charge in [-0.25, -0.2) is 19.4 Å². The third-order valence-electron chi connectivity index (χ3n) is 1.59. The van der Waals surface area contributed by atoms with Gasteiger partial charge in [0.15, 0.2) is 6.61 Å². The van der Waals surface area contributed by atoms with E-state index in [-0.39, 0.29) is 5.57 Å². The van der Waals surface area contributed by atoms with E-state index in [9.17, 15) is 9.59 Å². The second kappa shape index (κ2) is 6.53. The van der Waals surface area contributed by atoms with Crippen molar-refractivity contribution in [2.45, 2.75) is 46.0 Å². The summed E-state index contributed by atoms with van der Waals surface area (Å²) >= 11 is 0. The van der Waals surface area contributed by atoms with Crippen molar-refractivity contribution in [1.82, 2.24) is 0 Å². The van der Waals surface area contributed by atoms with Crippen molar-refractivity contribution in [3.63, 3.8) is 0 Å². The van der Waals surface area contributed by atoms with Gasteiger partial charge in [0.05, 0.1) is 5.60 Å². The van der Waals surface area contributed by atoms with Crippen LogP contribution in [0.2, 0.25) is 0 Å². The molecule has 1 atom stereocenters. The average Bonchev–Trinajstić information content (AvgIpc) is 2.12. The van der Waals surface area contributed by atoms with Crippen LogP contribution in [0.15, 0.2) is 12.2 Å². The molecule has 0 aliphatic carbocycles. The highest BCUT2D eigenvalue weighted by molar-refractivity contribution is 5.87. The Bertz CT molecular complexity index is 356. The van der Waals surface area contributed by atoms with Crippen LogP contribution in [0, 0.1) is 0 Å². The molecule has 1 unspecified atom stereocenters. The molecule has 1 N–H and O–H groups in total. The SMILES string of the molecule is C=C(C)C(=O)OC(C)(COOC(C)(C)C)OC(=O)O. The number of ether oxygens (including phenoxy) is 2. The molecular formula is C12H20O7. The van der Waals surface area contributed by atoms with Gasteiger partial charge in [-0.1, -0.05) is 6.58 Å². The Balaban J connectivity index is 4.64. The lowest BCUT2D eigenvalue weighted by Gasteiger charge is -2.28. The van der Waals surface area contributed by atoms with Gasteiger partial charge in [0, 0.05) is 12.5 Å². The maximum absolute atomic E-state index is 11.4. The van der Waals surface area contributed by atoms with E-state index in [2.05, 4.69) is 11.3 Å². The van der Waals surface area contributed by atoms with Crippen LogP contribution in [0.4, 0.5) is 4.79 Å². The highest BCUT2D eigenvalue weighted by atomic mass is 17.2. The van der Waals surface area contributed by atoms with Gasteiger partial charge in [0.1, 0.15) is 0 Å². The molecule has 0 aromatic rings. The molecule has 0 fully saturated rings. The van der Waals surface area contributed by atoms with Gasteiger partial charge >= 0.3 is 12.1 Å². The summed E-state index contributed by atoms with van der Waals surface area (Å²) in [4.78, 5) is 31.8. The van der Waals surface area contributed by atoms with Crippen LogP contribution in [0.25, 0.3) is 0 Å². The predicted octanol–water partition coefficient (Wildman–Crippen LogP) is 2.26. The van der Waals surface area contributed by atoms with Crippen LogP contribution < -0.4 is 0 Å². The summed E-state index contributed by atoms with van der Waals surface area (Å²) in [5.74, 6) is -2.60.